The van der Waals surface area contributed by atoms with Crippen molar-refractivity contribution in [3.05, 3.63) is 35.4 Å². The van der Waals surface area contributed by atoms with E-state index in [0.29, 0.717) is 6.04 Å². The largest absolute Gasteiger partial charge is 0.381 e. The maximum Gasteiger partial charge on any atom is 0.0473 e. The van der Waals surface area contributed by atoms with Gasteiger partial charge in [0.15, 0.2) is 0 Å². The highest BCUT2D eigenvalue weighted by Crippen LogP contribution is 2.28. The van der Waals surface area contributed by atoms with Gasteiger partial charge >= 0.3 is 0 Å². The van der Waals surface area contributed by atoms with Gasteiger partial charge in [-0.05, 0) is 36.9 Å². The zero-order valence-electron chi connectivity index (χ0n) is 11.8. The molecule has 2 aliphatic heterocycles. The highest BCUT2D eigenvalue weighted by Gasteiger charge is 2.25. The fraction of sp³-hybridized carbons (Fsp3) is 0.625. The van der Waals surface area contributed by atoms with Crippen LogP contribution >= 0.6 is 0 Å². The van der Waals surface area contributed by atoms with Gasteiger partial charge in [0.2, 0.25) is 0 Å². The number of likely N-dealkylation sites (N-methyl/N-ethyl adjacent to an activating group) is 1. The van der Waals surface area contributed by atoms with Crippen LogP contribution in [0, 0.1) is 5.92 Å². The summed E-state index contributed by atoms with van der Waals surface area (Å²) in [5.41, 5.74) is 2.97. The van der Waals surface area contributed by atoms with Crippen LogP contribution in [0.3, 0.4) is 0 Å². The molecule has 1 aromatic rings. The number of ether oxygens (including phenoxy) is 1. The minimum Gasteiger partial charge on any atom is -0.381 e. The molecular weight excluding hydrogens is 236 g/mol. The first-order valence-electron chi connectivity index (χ1n) is 7.41. The molecule has 2 aliphatic rings. The van der Waals surface area contributed by atoms with Crippen molar-refractivity contribution < 1.29 is 4.74 Å². The minimum absolute atomic E-state index is 0.521. The quantitative estimate of drug-likeness (QED) is 0.901. The topological polar surface area (TPSA) is 24.5 Å². The molecule has 3 nitrogen and oxygen atoms in total. The lowest BCUT2D eigenvalue weighted by atomic mass is 9.93. The van der Waals surface area contributed by atoms with Gasteiger partial charge in [0.25, 0.3) is 0 Å². The summed E-state index contributed by atoms with van der Waals surface area (Å²) in [6, 6.07) is 9.37. The van der Waals surface area contributed by atoms with Crippen LogP contribution in [-0.2, 0) is 11.3 Å². The summed E-state index contributed by atoms with van der Waals surface area (Å²) in [4.78, 5) is 2.53. The molecular formula is C16H24N2O. The Bertz CT molecular complexity index is 415. The molecule has 104 valence electrons. The number of fused-ring (bicyclic) bond motifs is 1. The fourth-order valence-electron chi connectivity index (χ4n) is 3.33. The van der Waals surface area contributed by atoms with Crippen LogP contribution in [-0.4, -0.2) is 38.3 Å². The van der Waals surface area contributed by atoms with Crippen LogP contribution < -0.4 is 5.32 Å². The van der Waals surface area contributed by atoms with Gasteiger partial charge in [0.1, 0.15) is 0 Å². The fourth-order valence-corrected chi connectivity index (χ4v) is 3.33. The molecule has 3 rings (SSSR count). The summed E-state index contributed by atoms with van der Waals surface area (Å²) in [7, 11) is 2.27. The molecule has 1 atom stereocenters. The predicted octanol–water partition coefficient (Wildman–Crippen LogP) is 2.19. The third-order valence-electron chi connectivity index (χ3n) is 4.49. The van der Waals surface area contributed by atoms with Gasteiger partial charge in [0, 0.05) is 38.9 Å². The van der Waals surface area contributed by atoms with Gasteiger partial charge in [-0.2, -0.15) is 0 Å². The van der Waals surface area contributed by atoms with E-state index < -0.39 is 0 Å². The van der Waals surface area contributed by atoms with Crippen LogP contribution in [0.2, 0.25) is 0 Å². The van der Waals surface area contributed by atoms with Gasteiger partial charge in [-0.25, -0.2) is 0 Å². The van der Waals surface area contributed by atoms with Crippen LogP contribution in [0.25, 0.3) is 0 Å². The molecule has 0 spiro atoms. The van der Waals surface area contributed by atoms with Gasteiger partial charge in [-0.3, -0.25) is 4.90 Å². The minimum atomic E-state index is 0.521. The monoisotopic (exact) mass is 260 g/mol. The highest BCUT2D eigenvalue weighted by molar-refractivity contribution is 5.32. The second-order valence-electron chi connectivity index (χ2n) is 5.84. The smallest absolute Gasteiger partial charge is 0.0473 e. The van der Waals surface area contributed by atoms with Crippen LogP contribution in [0.1, 0.15) is 30.0 Å². The molecule has 0 amide bonds. The van der Waals surface area contributed by atoms with E-state index in [0.717, 1.165) is 32.2 Å². The molecule has 19 heavy (non-hydrogen) atoms. The maximum absolute atomic E-state index is 5.45. The summed E-state index contributed by atoms with van der Waals surface area (Å²) in [5, 5.41) is 3.54. The number of nitrogens with zero attached hydrogens (tertiary/aromatic N) is 1. The molecule has 1 fully saturated rings. The first kappa shape index (κ1) is 13.1. The van der Waals surface area contributed by atoms with Gasteiger partial charge in [-0.15, -0.1) is 0 Å². The van der Waals surface area contributed by atoms with Gasteiger partial charge in [0.05, 0.1) is 0 Å². The second kappa shape index (κ2) is 6.04. The normalized spacial score (nSPS) is 24.4. The van der Waals surface area contributed by atoms with E-state index in [1.54, 1.807) is 0 Å². The second-order valence-corrected chi connectivity index (χ2v) is 5.84. The van der Waals surface area contributed by atoms with Gasteiger partial charge < -0.3 is 10.1 Å². The Labute approximate surface area is 115 Å². The molecule has 1 aromatic carbocycles. The molecule has 1 N–H and O–H groups in total. The lowest BCUT2D eigenvalue weighted by Gasteiger charge is -2.36. The molecule has 3 heteroatoms. The van der Waals surface area contributed by atoms with Crippen molar-refractivity contribution in [1.82, 2.24) is 10.2 Å². The SMILES string of the molecule is CN(CC1CCOCC1)C1CNCc2ccccc21. The summed E-state index contributed by atoms with van der Waals surface area (Å²) < 4.78 is 5.45. The van der Waals surface area contributed by atoms with Crippen LogP contribution in [0.5, 0.6) is 0 Å². The number of hydrogen-bond donors (Lipinski definition) is 1. The third-order valence-corrected chi connectivity index (χ3v) is 4.49. The molecule has 0 saturated carbocycles. The molecule has 1 saturated heterocycles. The molecule has 0 aromatic heterocycles. The van der Waals surface area contributed by atoms with E-state index >= 15 is 0 Å². The van der Waals surface area contributed by atoms with E-state index in [1.165, 1.54) is 30.5 Å². The Balaban J connectivity index is 1.68. The van der Waals surface area contributed by atoms with Crippen molar-refractivity contribution in [2.45, 2.75) is 25.4 Å². The number of benzene rings is 1. The zero-order chi connectivity index (χ0) is 13.1. The lowest BCUT2D eigenvalue weighted by Crippen LogP contribution is -2.40. The lowest BCUT2D eigenvalue weighted by molar-refractivity contribution is 0.0496. The van der Waals surface area contributed by atoms with Crippen molar-refractivity contribution >= 4 is 0 Å². The average Bonchev–Trinajstić information content (AvgIpc) is 2.47. The summed E-state index contributed by atoms with van der Waals surface area (Å²) in [5.74, 6) is 0.799. The Hall–Kier alpha value is -0.900. The Kier molecular flexibility index (Phi) is 4.16. The van der Waals surface area contributed by atoms with Crippen molar-refractivity contribution in [3.63, 3.8) is 0 Å². The van der Waals surface area contributed by atoms with Crippen molar-refractivity contribution in [2.24, 2.45) is 5.92 Å². The third kappa shape index (κ3) is 2.99. The van der Waals surface area contributed by atoms with E-state index in [9.17, 15) is 0 Å². The van der Waals surface area contributed by atoms with Crippen molar-refractivity contribution in [3.8, 4) is 0 Å². The molecule has 0 radical (unpaired) electrons. The van der Waals surface area contributed by atoms with E-state index in [4.69, 9.17) is 4.74 Å². The Morgan fingerprint density at radius 1 is 1.26 bits per heavy atom. The number of rotatable bonds is 3. The summed E-state index contributed by atoms with van der Waals surface area (Å²) in [6.07, 6.45) is 2.43. The molecule has 0 aliphatic carbocycles. The predicted molar refractivity (Wildman–Crippen MR) is 77.1 cm³/mol. The summed E-state index contributed by atoms with van der Waals surface area (Å²) >= 11 is 0. The standard InChI is InChI=1S/C16H24N2O/c1-18(12-13-6-8-19-9-7-13)16-11-17-10-14-4-2-3-5-15(14)16/h2-5,13,16-17H,6-12H2,1H3. The maximum atomic E-state index is 5.45. The zero-order valence-corrected chi connectivity index (χ0v) is 11.8. The van der Waals surface area contributed by atoms with Gasteiger partial charge in [-0.1, -0.05) is 24.3 Å². The van der Waals surface area contributed by atoms with E-state index in [-0.39, 0.29) is 0 Å². The Morgan fingerprint density at radius 2 is 2.05 bits per heavy atom. The average molecular weight is 260 g/mol. The highest BCUT2D eigenvalue weighted by atomic mass is 16.5. The number of nitrogens with one attached hydrogen (secondary N) is 1. The van der Waals surface area contributed by atoms with E-state index in [1.807, 2.05) is 0 Å². The first-order valence-corrected chi connectivity index (χ1v) is 7.41. The number of hydrogen-bond acceptors (Lipinski definition) is 3. The van der Waals surface area contributed by atoms with Crippen molar-refractivity contribution in [2.75, 3.05) is 33.4 Å². The first-order chi connectivity index (χ1) is 9.34. The van der Waals surface area contributed by atoms with Crippen molar-refractivity contribution in [1.29, 1.82) is 0 Å². The molecule has 1 unspecified atom stereocenters. The van der Waals surface area contributed by atoms with Crippen LogP contribution in [0.15, 0.2) is 24.3 Å². The molecule has 2 heterocycles. The van der Waals surface area contributed by atoms with E-state index in [2.05, 4.69) is 41.5 Å². The Morgan fingerprint density at radius 3 is 2.89 bits per heavy atom. The molecule has 0 bridgehead atoms. The summed E-state index contributed by atoms with van der Waals surface area (Å²) in [6.45, 7) is 5.15. The van der Waals surface area contributed by atoms with Crippen LogP contribution in [0.4, 0.5) is 0 Å².